The van der Waals surface area contributed by atoms with Crippen LogP contribution in [0.2, 0.25) is 0 Å². The van der Waals surface area contributed by atoms with Gasteiger partial charge in [-0.25, -0.2) is 0 Å². The number of alkyl halides is 5. The molecule has 1 aromatic carbocycles. The summed E-state index contributed by atoms with van der Waals surface area (Å²) in [6.45, 7) is 0. The standard InChI is InChI=1S/C10H5ClF6/c11-8(12)7(6-4-2-1-3-5-6)9(13,14)10(15,16)17/h1-5H/b8-7+. The highest BCUT2D eigenvalue weighted by Crippen LogP contribution is 2.47. The molecule has 94 valence electrons. The fraction of sp³-hybridized carbons (Fsp3) is 0.200. The highest BCUT2D eigenvalue weighted by molar-refractivity contribution is 6.31. The van der Waals surface area contributed by atoms with E-state index in [4.69, 9.17) is 11.6 Å². The first-order valence-electron chi connectivity index (χ1n) is 4.23. The number of hydrogen-bond acceptors (Lipinski definition) is 0. The van der Waals surface area contributed by atoms with E-state index in [0.29, 0.717) is 0 Å². The van der Waals surface area contributed by atoms with Crippen molar-refractivity contribution in [1.82, 2.24) is 0 Å². The van der Waals surface area contributed by atoms with Gasteiger partial charge in [0, 0.05) is 0 Å². The summed E-state index contributed by atoms with van der Waals surface area (Å²) >= 11 is 4.70. The van der Waals surface area contributed by atoms with Gasteiger partial charge in [0.05, 0.1) is 5.57 Å². The van der Waals surface area contributed by atoms with Gasteiger partial charge in [0.25, 0.3) is 0 Å². The molecule has 0 unspecified atom stereocenters. The number of benzene rings is 1. The minimum atomic E-state index is -5.91. The predicted molar refractivity (Wildman–Crippen MR) is 51.3 cm³/mol. The Morgan fingerprint density at radius 3 is 1.76 bits per heavy atom. The van der Waals surface area contributed by atoms with Gasteiger partial charge in [0.2, 0.25) is 0 Å². The lowest BCUT2D eigenvalue weighted by Crippen LogP contribution is -2.37. The summed E-state index contributed by atoms with van der Waals surface area (Å²) in [7, 11) is 0. The zero-order valence-corrected chi connectivity index (χ0v) is 8.79. The number of hydrogen-bond donors (Lipinski definition) is 0. The van der Waals surface area contributed by atoms with Gasteiger partial charge in [0.15, 0.2) is 5.29 Å². The Kier molecular flexibility index (Phi) is 3.76. The monoisotopic (exact) mass is 274 g/mol. The van der Waals surface area contributed by atoms with Crippen molar-refractivity contribution in [2.24, 2.45) is 0 Å². The molecule has 0 heterocycles. The van der Waals surface area contributed by atoms with E-state index in [1.165, 1.54) is 18.2 Å². The summed E-state index contributed by atoms with van der Waals surface area (Å²) in [5.41, 5.74) is -2.51. The van der Waals surface area contributed by atoms with E-state index in [9.17, 15) is 26.3 Å². The Bertz CT molecular complexity index is 416. The molecule has 0 bridgehead atoms. The van der Waals surface area contributed by atoms with Crippen molar-refractivity contribution in [3.8, 4) is 0 Å². The van der Waals surface area contributed by atoms with Crippen LogP contribution in [0.5, 0.6) is 0 Å². The molecule has 0 nitrogen and oxygen atoms in total. The predicted octanol–water partition coefficient (Wildman–Crippen LogP) is 4.76. The van der Waals surface area contributed by atoms with Gasteiger partial charge in [0.1, 0.15) is 0 Å². The van der Waals surface area contributed by atoms with Crippen LogP contribution in [0, 0.1) is 0 Å². The van der Waals surface area contributed by atoms with Gasteiger partial charge in [-0.2, -0.15) is 26.3 Å². The van der Waals surface area contributed by atoms with E-state index >= 15 is 0 Å². The third kappa shape index (κ3) is 2.74. The molecular formula is C10H5ClF6. The number of allylic oxidation sites excluding steroid dienone is 1. The normalized spacial score (nSPS) is 14.5. The lowest BCUT2D eigenvalue weighted by atomic mass is 10.0. The maximum Gasteiger partial charge on any atom is 0.458 e. The SMILES string of the molecule is F/C(Cl)=C(\c1ccccc1)C(F)(F)C(F)(F)F. The van der Waals surface area contributed by atoms with Crippen molar-refractivity contribution >= 4 is 17.2 Å². The van der Waals surface area contributed by atoms with Gasteiger partial charge < -0.3 is 0 Å². The summed E-state index contributed by atoms with van der Waals surface area (Å²) in [6.07, 6.45) is -5.91. The summed E-state index contributed by atoms with van der Waals surface area (Å²) in [4.78, 5) is 0. The van der Waals surface area contributed by atoms with E-state index in [1.807, 2.05) is 0 Å². The van der Waals surface area contributed by atoms with E-state index in [2.05, 4.69) is 0 Å². The summed E-state index contributed by atoms with van der Waals surface area (Å²) in [5.74, 6) is -5.35. The van der Waals surface area contributed by atoms with Crippen molar-refractivity contribution < 1.29 is 26.3 Å². The maximum absolute atomic E-state index is 13.0. The van der Waals surface area contributed by atoms with Crippen molar-refractivity contribution in [3.05, 3.63) is 41.2 Å². The van der Waals surface area contributed by atoms with E-state index in [-0.39, 0.29) is 0 Å². The Hall–Kier alpha value is -1.17. The molecule has 0 saturated carbocycles. The van der Waals surface area contributed by atoms with Crippen LogP contribution in [0.3, 0.4) is 0 Å². The van der Waals surface area contributed by atoms with Crippen LogP contribution in [0.1, 0.15) is 5.56 Å². The van der Waals surface area contributed by atoms with Crippen LogP contribution in [0.4, 0.5) is 26.3 Å². The molecule has 0 amide bonds. The highest BCUT2D eigenvalue weighted by Gasteiger charge is 2.61. The number of rotatable bonds is 2. The second-order valence-corrected chi connectivity index (χ2v) is 3.41. The van der Waals surface area contributed by atoms with Crippen molar-refractivity contribution in [2.75, 3.05) is 0 Å². The van der Waals surface area contributed by atoms with Gasteiger partial charge in [-0.3, -0.25) is 0 Å². The molecule has 0 radical (unpaired) electrons. The van der Waals surface area contributed by atoms with Gasteiger partial charge in [-0.05, 0) is 5.56 Å². The van der Waals surface area contributed by atoms with E-state index in [1.54, 1.807) is 0 Å². The third-order valence-corrected chi connectivity index (χ3v) is 2.11. The summed E-state index contributed by atoms with van der Waals surface area (Å²) in [6, 6.07) is 5.61. The van der Waals surface area contributed by atoms with Crippen LogP contribution in [0.15, 0.2) is 35.6 Å². The first-order chi connectivity index (χ1) is 7.68. The average molecular weight is 275 g/mol. The third-order valence-electron chi connectivity index (χ3n) is 1.92. The van der Waals surface area contributed by atoms with Crippen molar-refractivity contribution in [2.45, 2.75) is 12.1 Å². The molecule has 0 N–H and O–H groups in total. The largest absolute Gasteiger partial charge is 0.458 e. The second kappa shape index (κ2) is 4.60. The van der Waals surface area contributed by atoms with Crippen LogP contribution >= 0.6 is 11.6 Å². The molecular weight excluding hydrogens is 270 g/mol. The molecule has 0 atom stereocenters. The Morgan fingerprint density at radius 1 is 0.941 bits per heavy atom. The molecule has 17 heavy (non-hydrogen) atoms. The molecule has 1 aromatic rings. The zero-order chi connectivity index (χ0) is 13.3. The molecule has 0 saturated heterocycles. The number of halogens is 7. The Balaban J connectivity index is 3.38. The second-order valence-electron chi connectivity index (χ2n) is 3.07. The first kappa shape index (κ1) is 13.9. The minimum Gasteiger partial charge on any atom is -0.193 e. The highest BCUT2D eigenvalue weighted by atomic mass is 35.5. The quantitative estimate of drug-likeness (QED) is 0.682. The van der Waals surface area contributed by atoms with Crippen molar-refractivity contribution in [3.63, 3.8) is 0 Å². The molecule has 0 aliphatic carbocycles. The molecule has 1 rings (SSSR count). The average Bonchev–Trinajstić information content (AvgIpc) is 2.16. The molecule has 0 aliphatic rings. The van der Waals surface area contributed by atoms with Crippen LogP contribution in [-0.4, -0.2) is 12.1 Å². The van der Waals surface area contributed by atoms with Gasteiger partial charge >= 0.3 is 12.1 Å². The molecule has 7 heteroatoms. The lowest BCUT2D eigenvalue weighted by molar-refractivity contribution is -0.254. The minimum absolute atomic E-state index is 0.623. The van der Waals surface area contributed by atoms with E-state index in [0.717, 1.165) is 12.1 Å². The fourth-order valence-electron chi connectivity index (χ4n) is 1.16. The first-order valence-corrected chi connectivity index (χ1v) is 4.61. The van der Waals surface area contributed by atoms with Gasteiger partial charge in [-0.15, -0.1) is 0 Å². The Morgan fingerprint density at radius 2 is 1.41 bits per heavy atom. The maximum atomic E-state index is 13.0. The van der Waals surface area contributed by atoms with Crippen LogP contribution < -0.4 is 0 Å². The summed E-state index contributed by atoms with van der Waals surface area (Å²) in [5, 5.41) is -2.08. The van der Waals surface area contributed by atoms with Crippen LogP contribution in [0.25, 0.3) is 5.57 Å². The Labute approximate surface area is 97.5 Å². The van der Waals surface area contributed by atoms with Crippen LogP contribution in [-0.2, 0) is 0 Å². The lowest BCUT2D eigenvalue weighted by Gasteiger charge is -2.22. The fourth-order valence-corrected chi connectivity index (χ4v) is 1.38. The topological polar surface area (TPSA) is 0 Å². The van der Waals surface area contributed by atoms with Crippen molar-refractivity contribution in [1.29, 1.82) is 0 Å². The molecule has 0 fully saturated rings. The van der Waals surface area contributed by atoms with E-state index < -0.39 is 28.5 Å². The smallest absolute Gasteiger partial charge is 0.193 e. The van der Waals surface area contributed by atoms with Gasteiger partial charge in [-0.1, -0.05) is 41.9 Å². The molecule has 0 aliphatic heterocycles. The molecule has 0 spiro atoms. The molecule has 0 aromatic heterocycles. The summed E-state index contributed by atoms with van der Waals surface area (Å²) < 4.78 is 75.2. The zero-order valence-electron chi connectivity index (χ0n) is 8.03.